The fourth-order valence-electron chi connectivity index (χ4n) is 6.38. The lowest BCUT2D eigenvalue weighted by Crippen LogP contribution is -2.30. The summed E-state index contributed by atoms with van der Waals surface area (Å²) in [5, 5.41) is 27.5. The number of nitrogens with zero attached hydrogens (tertiary/aromatic N) is 5. The highest BCUT2D eigenvalue weighted by atomic mass is 35.5. The number of fused-ring (bicyclic) bond motifs is 2. The molecule has 13 nitrogen and oxygen atoms in total. The molecule has 7 rings (SSSR count). The second-order valence-electron chi connectivity index (χ2n) is 12.0. The van der Waals surface area contributed by atoms with Gasteiger partial charge in [0, 0.05) is 17.0 Å². The van der Waals surface area contributed by atoms with Crippen LogP contribution in [0.3, 0.4) is 0 Å². The predicted molar refractivity (Wildman–Crippen MR) is 197 cm³/mol. The molecule has 2 aromatic heterocycles. The van der Waals surface area contributed by atoms with Gasteiger partial charge in [0.05, 0.1) is 53.1 Å². The van der Waals surface area contributed by atoms with Crippen LogP contribution in [0.2, 0.25) is 15.1 Å². The van der Waals surface area contributed by atoms with E-state index in [4.69, 9.17) is 34.8 Å². The van der Waals surface area contributed by atoms with Crippen molar-refractivity contribution in [1.82, 2.24) is 18.4 Å². The average molecular weight is 831 g/mol. The maximum absolute atomic E-state index is 14.7. The zero-order valence-electron chi connectivity index (χ0n) is 27.6. The number of hydrogen-bond donors (Lipinski definition) is 2. The molecule has 0 amide bonds. The minimum absolute atomic E-state index is 0.0206. The molecule has 0 aliphatic carbocycles. The molecule has 0 saturated carbocycles. The second-order valence-corrected chi connectivity index (χ2v) is 16.8. The van der Waals surface area contributed by atoms with E-state index < -0.39 is 69.7 Å². The fraction of sp³-hybridized carbons (Fsp3) is 0.0857. The van der Waals surface area contributed by atoms with Crippen LogP contribution in [-0.4, -0.2) is 57.4 Å². The van der Waals surface area contributed by atoms with Gasteiger partial charge in [-0.25, -0.2) is 14.0 Å². The summed E-state index contributed by atoms with van der Waals surface area (Å²) in [6.45, 7) is 3.09. The third-order valence-electron chi connectivity index (χ3n) is 8.79. The molecule has 4 aromatic carbocycles. The van der Waals surface area contributed by atoms with E-state index in [1.807, 2.05) is 0 Å². The number of aromatic carboxylic acids is 2. The Morgan fingerprint density at radius 3 is 1.56 bits per heavy atom. The normalized spacial score (nSPS) is 13.1. The quantitative estimate of drug-likeness (QED) is 0.154. The first-order valence-corrected chi connectivity index (χ1v) is 19.5. The number of rotatable bonds is 8. The number of aromatic nitrogens is 4. The minimum atomic E-state index is -4.84. The highest BCUT2D eigenvalue weighted by molar-refractivity contribution is 7.90. The molecule has 0 unspecified atom stereocenters. The summed E-state index contributed by atoms with van der Waals surface area (Å²) in [4.78, 5) is 24.1. The molecule has 0 bridgehead atoms. The van der Waals surface area contributed by atoms with Crippen molar-refractivity contribution >= 4 is 84.1 Å². The van der Waals surface area contributed by atoms with Crippen molar-refractivity contribution in [3.05, 3.63) is 145 Å². The molecule has 0 spiro atoms. The minimum Gasteiger partial charge on any atom is -0.478 e. The highest BCUT2D eigenvalue weighted by Crippen LogP contribution is 2.55. The van der Waals surface area contributed by atoms with E-state index in [2.05, 4.69) is 10.2 Å². The number of carboxylic acids is 2. The van der Waals surface area contributed by atoms with Crippen LogP contribution in [0.5, 0.6) is 0 Å². The molecule has 0 atom stereocenters. The monoisotopic (exact) mass is 829 g/mol. The molecule has 6 aromatic rings. The predicted octanol–water partition coefficient (Wildman–Crippen LogP) is 7.63. The van der Waals surface area contributed by atoms with Crippen molar-refractivity contribution in [2.45, 2.75) is 29.6 Å². The van der Waals surface area contributed by atoms with Crippen molar-refractivity contribution in [2.24, 2.45) is 0 Å². The molecule has 1 aliphatic heterocycles. The lowest BCUT2D eigenvalue weighted by molar-refractivity contribution is 0.0686. The zero-order chi connectivity index (χ0) is 39.0. The van der Waals surface area contributed by atoms with Gasteiger partial charge in [-0.15, -0.1) is 8.17 Å². The van der Waals surface area contributed by atoms with Gasteiger partial charge in [0.1, 0.15) is 5.82 Å². The SMILES string of the molecule is Cc1nn(S(=O)(=O)c2ccc(Cl)c(C(=O)O)c2)c2c1C(c1ccccc1)c1c(C)nn(S(=O)(=O)c3ccc(Cl)c(C(=O)O)c3)c1N2c1ccc(F)c(Cl)c1. The topological polar surface area (TPSA) is 182 Å². The van der Waals surface area contributed by atoms with Gasteiger partial charge < -0.3 is 10.2 Å². The van der Waals surface area contributed by atoms with Gasteiger partial charge in [-0.1, -0.05) is 65.1 Å². The van der Waals surface area contributed by atoms with Crippen molar-refractivity contribution in [1.29, 1.82) is 0 Å². The molecule has 0 radical (unpaired) electrons. The Labute approximate surface area is 321 Å². The van der Waals surface area contributed by atoms with Crippen LogP contribution in [0.4, 0.5) is 21.7 Å². The molecule has 2 N–H and O–H groups in total. The first-order valence-electron chi connectivity index (χ1n) is 15.5. The smallest absolute Gasteiger partial charge is 0.337 e. The van der Waals surface area contributed by atoms with Crippen LogP contribution in [0.25, 0.3) is 0 Å². The maximum Gasteiger partial charge on any atom is 0.337 e. The van der Waals surface area contributed by atoms with Gasteiger partial charge in [0.15, 0.2) is 11.6 Å². The molecular weight excluding hydrogens is 808 g/mol. The van der Waals surface area contributed by atoms with Gasteiger partial charge in [0.25, 0.3) is 20.0 Å². The van der Waals surface area contributed by atoms with Crippen molar-refractivity contribution in [3.63, 3.8) is 0 Å². The third-order valence-corrected chi connectivity index (χ3v) is 12.9. The molecule has 1 aliphatic rings. The number of hydrogen-bond acceptors (Lipinski definition) is 9. The zero-order valence-corrected chi connectivity index (χ0v) is 31.5. The number of carbonyl (C=O) groups is 2. The second kappa shape index (κ2) is 13.2. The van der Waals surface area contributed by atoms with Crippen LogP contribution in [-0.2, 0) is 20.0 Å². The third kappa shape index (κ3) is 5.81. The first-order chi connectivity index (χ1) is 25.4. The lowest BCUT2D eigenvalue weighted by atomic mass is 9.82. The molecule has 54 heavy (non-hydrogen) atoms. The molecule has 0 saturated heterocycles. The van der Waals surface area contributed by atoms with Crippen LogP contribution in [0.15, 0.2) is 94.7 Å². The van der Waals surface area contributed by atoms with Crippen molar-refractivity contribution in [3.8, 4) is 0 Å². The average Bonchev–Trinajstić information content (AvgIpc) is 3.66. The maximum atomic E-state index is 14.7. The Morgan fingerprint density at radius 2 is 1.13 bits per heavy atom. The molecule has 3 heterocycles. The number of carboxylic acid groups (broad SMARTS) is 2. The summed E-state index contributed by atoms with van der Waals surface area (Å²) in [7, 11) is -9.68. The Balaban J connectivity index is 1.62. The lowest BCUT2D eigenvalue weighted by Gasteiger charge is -2.35. The van der Waals surface area contributed by atoms with E-state index in [1.165, 1.54) is 11.0 Å². The standard InChI is InChI=1S/C35H23Cl3FN5O8S2/c1-17-29-31(19-6-4-3-5-7-19)30-18(2)41-44(54(51,52)22-10-12-26(37)24(16-22)35(47)48)33(30)42(20-8-13-28(39)27(38)14-20)32(29)43(40-17)53(49,50)21-9-11-25(36)23(15-21)34(45)46/h3-16,31H,1-2H3,(H,45,46)(H,47,48). The summed E-state index contributed by atoms with van der Waals surface area (Å²) >= 11 is 18.4. The number of anilines is 3. The summed E-state index contributed by atoms with van der Waals surface area (Å²) in [6.07, 6.45) is 0. The summed E-state index contributed by atoms with van der Waals surface area (Å²) in [5.74, 6) is -5.21. The Hall–Kier alpha value is -5.26. The Bertz CT molecular complexity index is 2660. The molecule has 276 valence electrons. The Kier molecular flexibility index (Phi) is 9.09. The fourth-order valence-corrected chi connectivity index (χ4v) is 9.64. The number of aryl methyl sites for hydroxylation is 2. The largest absolute Gasteiger partial charge is 0.478 e. The van der Waals surface area contributed by atoms with E-state index in [-0.39, 0.29) is 49.9 Å². The molecule has 0 fully saturated rings. The van der Waals surface area contributed by atoms with Gasteiger partial charge >= 0.3 is 11.9 Å². The van der Waals surface area contributed by atoms with E-state index in [0.29, 0.717) is 13.7 Å². The van der Waals surface area contributed by atoms with Gasteiger partial charge in [-0.3, -0.25) is 4.90 Å². The number of halogens is 4. The van der Waals surface area contributed by atoms with Crippen molar-refractivity contribution < 1.29 is 41.0 Å². The summed E-state index contributed by atoms with van der Waals surface area (Å²) in [6, 6.07) is 18.2. The molecule has 19 heteroatoms. The van der Waals surface area contributed by atoms with Crippen LogP contribution >= 0.6 is 34.8 Å². The summed E-state index contributed by atoms with van der Waals surface area (Å²) < 4.78 is 74.5. The van der Waals surface area contributed by atoms with Crippen molar-refractivity contribution in [2.75, 3.05) is 4.90 Å². The van der Waals surface area contributed by atoms with Gasteiger partial charge in [-0.2, -0.15) is 27.0 Å². The first kappa shape index (κ1) is 37.1. The summed E-state index contributed by atoms with van der Waals surface area (Å²) in [5.41, 5.74) is 0.463. The van der Waals surface area contributed by atoms with Gasteiger partial charge in [0.2, 0.25) is 0 Å². The highest BCUT2D eigenvalue weighted by Gasteiger charge is 2.46. The van der Waals surface area contributed by atoms with Crippen LogP contribution in [0, 0.1) is 19.7 Å². The van der Waals surface area contributed by atoms with E-state index >= 15 is 0 Å². The number of benzene rings is 4. The van der Waals surface area contributed by atoms with Crippen LogP contribution < -0.4 is 4.90 Å². The van der Waals surface area contributed by atoms with Crippen LogP contribution in [0.1, 0.15) is 54.7 Å². The Morgan fingerprint density at radius 1 is 0.667 bits per heavy atom. The van der Waals surface area contributed by atoms with E-state index in [9.17, 15) is 41.0 Å². The molecular formula is C35H23Cl3FN5O8S2. The van der Waals surface area contributed by atoms with Gasteiger partial charge in [-0.05, 0) is 74.0 Å². The van der Waals surface area contributed by atoms with E-state index in [0.717, 1.165) is 48.5 Å². The van der Waals surface area contributed by atoms with E-state index in [1.54, 1.807) is 44.2 Å².